The number of anilines is 1. The van der Waals surface area contributed by atoms with Gasteiger partial charge in [0.2, 0.25) is 0 Å². The van der Waals surface area contributed by atoms with Gasteiger partial charge in [-0.25, -0.2) is 4.39 Å². The summed E-state index contributed by atoms with van der Waals surface area (Å²) in [5.74, 6) is 0.906. The molecular formula is C22H27FN2O2. The minimum Gasteiger partial charge on any atom is -0.496 e. The molecule has 1 fully saturated rings. The number of carbonyl (C=O) groups is 1. The fourth-order valence-corrected chi connectivity index (χ4v) is 3.59. The molecule has 0 radical (unpaired) electrons. The number of nitrogens with zero attached hydrogens (tertiary/aromatic N) is 2. The summed E-state index contributed by atoms with van der Waals surface area (Å²) in [6.45, 7) is 8.53. The van der Waals surface area contributed by atoms with Crippen LogP contribution in [0.2, 0.25) is 0 Å². The summed E-state index contributed by atoms with van der Waals surface area (Å²) in [6, 6.07) is 10.7. The number of aryl methyl sites for hydroxylation is 1. The van der Waals surface area contributed by atoms with E-state index in [-0.39, 0.29) is 17.6 Å². The van der Waals surface area contributed by atoms with Crippen LogP contribution in [-0.2, 0) is 0 Å². The van der Waals surface area contributed by atoms with Crippen LogP contribution < -0.4 is 9.64 Å². The average molecular weight is 370 g/mol. The summed E-state index contributed by atoms with van der Waals surface area (Å²) in [5.41, 5.74) is 3.28. The molecule has 2 aromatic rings. The Bertz CT molecular complexity index is 827. The van der Waals surface area contributed by atoms with Crippen molar-refractivity contribution >= 4 is 11.6 Å². The number of benzene rings is 2. The second kappa shape index (κ2) is 7.99. The molecule has 0 unspecified atom stereocenters. The minimum atomic E-state index is -0.218. The van der Waals surface area contributed by atoms with Crippen molar-refractivity contribution < 1.29 is 13.9 Å². The first kappa shape index (κ1) is 19.2. The van der Waals surface area contributed by atoms with E-state index in [1.807, 2.05) is 34.9 Å². The number of halogens is 1. The lowest BCUT2D eigenvalue weighted by Crippen LogP contribution is -2.49. The highest BCUT2D eigenvalue weighted by Crippen LogP contribution is 2.30. The zero-order valence-corrected chi connectivity index (χ0v) is 16.5. The van der Waals surface area contributed by atoms with Crippen molar-refractivity contribution in [2.45, 2.75) is 26.7 Å². The maximum atomic E-state index is 14.0. The van der Waals surface area contributed by atoms with Crippen molar-refractivity contribution in [3.05, 3.63) is 58.9 Å². The number of carbonyl (C=O) groups excluding carboxylic acids is 1. The monoisotopic (exact) mass is 370 g/mol. The summed E-state index contributed by atoms with van der Waals surface area (Å²) in [5, 5.41) is 0. The third-order valence-corrected chi connectivity index (χ3v) is 5.19. The Hall–Kier alpha value is -2.56. The molecule has 0 atom stereocenters. The molecule has 3 rings (SSSR count). The first-order valence-corrected chi connectivity index (χ1v) is 9.39. The van der Waals surface area contributed by atoms with Crippen molar-refractivity contribution in [1.82, 2.24) is 4.90 Å². The normalized spacial score (nSPS) is 14.6. The zero-order valence-electron chi connectivity index (χ0n) is 16.5. The van der Waals surface area contributed by atoms with Gasteiger partial charge in [-0.2, -0.15) is 0 Å². The van der Waals surface area contributed by atoms with Crippen LogP contribution in [0, 0.1) is 12.7 Å². The van der Waals surface area contributed by atoms with Gasteiger partial charge in [0.05, 0.1) is 12.8 Å². The molecule has 2 aromatic carbocycles. The predicted molar refractivity (Wildman–Crippen MR) is 106 cm³/mol. The van der Waals surface area contributed by atoms with Gasteiger partial charge >= 0.3 is 0 Å². The van der Waals surface area contributed by atoms with Crippen molar-refractivity contribution in [1.29, 1.82) is 0 Å². The molecule has 4 nitrogen and oxygen atoms in total. The summed E-state index contributed by atoms with van der Waals surface area (Å²) >= 11 is 0. The number of para-hydroxylation sites is 1. The Kier molecular flexibility index (Phi) is 5.68. The van der Waals surface area contributed by atoms with E-state index in [1.165, 1.54) is 6.07 Å². The second-order valence-corrected chi connectivity index (χ2v) is 7.29. The van der Waals surface area contributed by atoms with Gasteiger partial charge in [0.1, 0.15) is 11.6 Å². The lowest BCUT2D eigenvalue weighted by Gasteiger charge is -2.36. The van der Waals surface area contributed by atoms with Crippen molar-refractivity contribution in [2.24, 2.45) is 0 Å². The van der Waals surface area contributed by atoms with Gasteiger partial charge in [-0.05, 0) is 48.2 Å². The van der Waals surface area contributed by atoms with E-state index in [4.69, 9.17) is 4.74 Å². The van der Waals surface area contributed by atoms with Gasteiger partial charge in [-0.1, -0.05) is 26.0 Å². The molecule has 1 aliphatic heterocycles. The molecule has 27 heavy (non-hydrogen) atoms. The highest BCUT2D eigenvalue weighted by atomic mass is 19.1. The van der Waals surface area contributed by atoms with Gasteiger partial charge < -0.3 is 14.5 Å². The number of hydrogen-bond donors (Lipinski definition) is 0. The molecule has 1 amide bonds. The highest BCUT2D eigenvalue weighted by molar-refractivity contribution is 5.96. The van der Waals surface area contributed by atoms with Crippen LogP contribution in [0.3, 0.4) is 0 Å². The average Bonchev–Trinajstić information content (AvgIpc) is 2.67. The van der Waals surface area contributed by atoms with Gasteiger partial charge in [-0.15, -0.1) is 0 Å². The molecular weight excluding hydrogens is 343 g/mol. The molecule has 0 saturated carbocycles. The van der Waals surface area contributed by atoms with Crippen LogP contribution in [0.15, 0.2) is 36.4 Å². The summed E-state index contributed by atoms with van der Waals surface area (Å²) in [4.78, 5) is 17.0. The van der Waals surface area contributed by atoms with Crippen LogP contribution in [0.1, 0.15) is 41.3 Å². The standard InChI is InChI=1S/C22H27FN2O2/c1-15(2)17-14-18(16(3)13-21(17)27-4)22(26)25-11-9-24(10-12-25)20-8-6-5-7-19(20)23/h5-8,13-15H,9-12H2,1-4H3. The molecule has 144 valence electrons. The number of rotatable bonds is 4. The maximum absolute atomic E-state index is 14.0. The maximum Gasteiger partial charge on any atom is 0.254 e. The van der Waals surface area contributed by atoms with Gasteiger partial charge in [0.15, 0.2) is 0 Å². The first-order valence-electron chi connectivity index (χ1n) is 9.39. The lowest BCUT2D eigenvalue weighted by atomic mass is 9.95. The van der Waals surface area contributed by atoms with Gasteiger partial charge in [0.25, 0.3) is 5.91 Å². The summed E-state index contributed by atoms with van der Waals surface area (Å²) < 4.78 is 19.5. The Balaban J connectivity index is 1.76. The van der Waals surface area contributed by atoms with Crippen LogP contribution in [0.4, 0.5) is 10.1 Å². The van der Waals surface area contributed by atoms with E-state index in [9.17, 15) is 9.18 Å². The van der Waals surface area contributed by atoms with E-state index in [0.29, 0.717) is 31.9 Å². The van der Waals surface area contributed by atoms with Crippen molar-refractivity contribution in [3.63, 3.8) is 0 Å². The molecule has 1 saturated heterocycles. The van der Waals surface area contributed by atoms with Crippen molar-refractivity contribution in [3.8, 4) is 5.75 Å². The number of ether oxygens (including phenoxy) is 1. The molecule has 0 bridgehead atoms. The van der Waals surface area contributed by atoms with Crippen LogP contribution in [0.25, 0.3) is 0 Å². The van der Waals surface area contributed by atoms with Crippen LogP contribution in [0.5, 0.6) is 5.75 Å². The molecule has 1 aliphatic rings. The van der Waals surface area contributed by atoms with Gasteiger partial charge in [0, 0.05) is 31.7 Å². The Morgan fingerprint density at radius 3 is 2.37 bits per heavy atom. The van der Waals surface area contributed by atoms with Crippen molar-refractivity contribution in [2.75, 3.05) is 38.2 Å². The smallest absolute Gasteiger partial charge is 0.254 e. The quantitative estimate of drug-likeness (QED) is 0.807. The SMILES string of the molecule is COc1cc(C)c(C(=O)N2CCN(c3ccccc3F)CC2)cc1C(C)C. The number of piperazine rings is 1. The Labute approximate surface area is 160 Å². The second-order valence-electron chi connectivity index (χ2n) is 7.29. The number of hydrogen-bond acceptors (Lipinski definition) is 3. The summed E-state index contributed by atoms with van der Waals surface area (Å²) in [6.07, 6.45) is 0. The predicted octanol–water partition coefficient (Wildman–Crippen LogP) is 4.23. The largest absolute Gasteiger partial charge is 0.496 e. The molecule has 0 aromatic heterocycles. The Morgan fingerprint density at radius 1 is 1.11 bits per heavy atom. The molecule has 0 spiro atoms. The Morgan fingerprint density at radius 2 is 1.78 bits per heavy atom. The van der Waals surface area contributed by atoms with E-state index in [0.717, 1.165) is 22.4 Å². The third kappa shape index (κ3) is 3.92. The lowest BCUT2D eigenvalue weighted by molar-refractivity contribution is 0.0745. The minimum absolute atomic E-state index is 0.0326. The first-order chi connectivity index (χ1) is 12.9. The number of methoxy groups -OCH3 is 1. The molecule has 0 N–H and O–H groups in total. The van der Waals surface area contributed by atoms with Crippen LogP contribution in [-0.4, -0.2) is 44.1 Å². The fraction of sp³-hybridized carbons (Fsp3) is 0.409. The third-order valence-electron chi connectivity index (χ3n) is 5.19. The summed E-state index contributed by atoms with van der Waals surface area (Å²) in [7, 11) is 1.66. The van der Waals surface area contributed by atoms with E-state index in [1.54, 1.807) is 19.2 Å². The highest BCUT2D eigenvalue weighted by Gasteiger charge is 2.25. The number of amides is 1. The molecule has 0 aliphatic carbocycles. The molecule has 5 heteroatoms. The van der Waals surface area contributed by atoms with E-state index < -0.39 is 0 Å². The van der Waals surface area contributed by atoms with E-state index in [2.05, 4.69) is 13.8 Å². The van der Waals surface area contributed by atoms with Crippen LogP contribution >= 0.6 is 0 Å². The fourth-order valence-electron chi connectivity index (χ4n) is 3.59. The molecule has 1 heterocycles. The van der Waals surface area contributed by atoms with Gasteiger partial charge in [-0.3, -0.25) is 4.79 Å². The topological polar surface area (TPSA) is 32.8 Å². The zero-order chi connectivity index (χ0) is 19.6. The van der Waals surface area contributed by atoms with E-state index >= 15 is 0 Å².